The number of aromatic nitrogens is 3. The summed E-state index contributed by atoms with van der Waals surface area (Å²) in [4.78, 5) is 13.0. The molecule has 2 N–H and O–H groups in total. The van der Waals surface area contributed by atoms with Crippen LogP contribution in [0.25, 0.3) is 10.6 Å². The van der Waals surface area contributed by atoms with E-state index in [0.29, 0.717) is 11.0 Å². The highest BCUT2D eigenvalue weighted by molar-refractivity contribution is 7.18. The van der Waals surface area contributed by atoms with Crippen LogP contribution in [0.4, 0.5) is 5.13 Å². The number of thiazole rings is 1. The van der Waals surface area contributed by atoms with Crippen molar-refractivity contribution in [1.82, 2.24) is 15.0 Å². The summed E-state index contributed by atoms with van der Waals surface area (Å²) < 4.78 is 4.96. The zero-order valence-electron chi connectivity index (χ0n) is 7.47. The molecule has 0 aliphatic rings. The number of ether oxygens (including phenoxy) is 1. The van der Waals surface area contributed by atoms with Gasteiger partial charge in [-0.1, -0.05) is 11.3 Å². The van der Waals surface area contributed by atoms with Gasteiger partial charge in [-0.2, -0.15) is 0 Å². The Morgan fingerprint density at radius 3 is 2.86 bits per heavy atom. The third kappa shape index (κ3) is 1.64. The third-order valence-corrected chi connectivity index (χ3v) is 2.45. The van der Waals surface area contributed by atoms with Crippen molar-refractivity contribution < 1.29 is 4.74 Å². The number of hydrogen-bond acceptors (Lipinski definition) is 6. The SMILES string of the molecule is COc1cncc(-c2cnc(N)s2)n1. The van der Waals surface area contributed by atoms with Gasteiger partial charge < -0.3 is 10.5 Å². The van der Waals surface area contributed by atoms with Gasteiger partial charge in [0.25, 0.3) is 0 Å². The minimum Gasteiger partial charge on any atom is -0.480 e. The van der Waals surface area contributed by atoms with Crippen LogP contribution in [0.2, 0.25) is 0 Å². The predicted molar refractivity (Wildman–Crippen MR) is 54.1 cm³/mol. The topological polar surface area (TPSA) is 73.9 Å². The second-order valence-electron chi connectivity index (χ2n) is 2.51. The average molecular weight is 208 g/mol. The summed E-state index contributed by atoms with van der Waals surface area (Å²) in [7, 11) is 1.55. The maximum absolute atomic E-state index is 5.51. The standard InChI is InChI=1S/C8H8N4OS/c1-13-7-4-10-2-5(12-7)6-3-11-8(9)14-6/h2-4H,1H3,(H2,9,11). The van der Waals surface area contributed by atoms with Crippen molar-refractivity contribution in [2.75, 3.05) is 12.8 Å². The van der Waals surface area contributed by atoms with Crippen LogP contribution in [-0.4, -0.2) is 22.1 Å². The largest absolute Gasteiger partial charge is 0.480 e. The average Bonchev–Trinajstić information content (AvgIpc) is 2.65. The zero-order chi connectivity index (χ0) is 9.97. The van der Waals surface area contributed by atoms with E-state index in [2.05, 4.69) is 15.0 Å². The normalized spacial score (nSPS) is 10.1. The molecule has 0 bridgehead atoms. The van der Waals surface area contributed by atoms with Crippen molar-refractivity contribution >= 4 is 16.5 Å². The molecule has 0 aliphatic carbocycles. The van der Waals surface area contributed by atoms with Crippen molar-refractivity contribution in [2.45, 2.75) is 0 Å². The van der Waals surface area contributed by atoms with Crippen molar-refractivity contribution in [3.63, 3.8) is 0 Å². The van der Waals surface area contributed by atoms with Gasteiger partial charge in [-0.3, -0.25) is 4.98 Å². The predicted octanol–water partition coefficient (Wildman–Crippen LogP) is 1.19. The van der Waals surface area contributed by atoms with E-state index in [1.807, 2.05) is 0 Å². The summed E-state index contributed by atoms with van der Waals surface area (Å²) in [5.41, 5.74) is 6.24. The van der Waals surface area contributed by atoms with Gasteiger partial charge in [0.05, 0.1) is 24.4 Å². The molecule has 0 aromatic carbocycles. The van der Waals surface area contributed by atoms with E-state index in [-0.39, 0.29) is 0 Å². The van der Waals surface area contributed by atoms with Gasteiger partial charge in [-0.15, -0.1) is 0 Å². The Balaban J connectivity index is 2.41. The molecule has 0 unspecified atom stereocenters. The van der Waals surface area contributed by atoms with Gasteiger partial charge in [-0.05, 0) is 0 Å². The summed E-state index contributed by atoms with van der Waals surface area (Å²) in [6.07, 6.45) is 4.87. The molecule has 0 aliphatic heterocycles. The Bertz CT molecular complexity index is 442. The van der Waals surface area contributed by atoms with Gasteiger partial charge in [0, 0.05) is 6.20 Å². The maximum atomic E-state index is 5.51. The van der Waals surface area contributed by atoms with Crippen molar-refractivity contribution in [3.05, 3.63) is 18.6 Å². The lowest BCUT2D eigenvalue weighted by Gasteiger charge is -1.98. The quantitative estimate of drug-likeness (QED) is 0.802. The van der Waals surface area contributed by atoms with Crippen LogP contribution in [0.5, 0.6) is 5.88 Å². The molecule has 6 heteroatoms. The number of methoxy groups -OCH3 is 1. The van der Waals surface area contributed by atoms with Crippen LogP contribution >= 0.6 is 11.3 Å². The first kappa shape index (κ1) is 8.89. The van der Waals surface area contributed by atoms with E-state index in [4.69, 9.17) is 10.5 Å². The molecule has 0 atom stereocenters. The molecular formula is C8H8N4OS. The number of rotatable bonds is 2. The fraction of sp³-hybridized carbons (Fsp3) is 0.125. The highest BCUT2D eigenvalue weighted by Gasteiger charge is 2.05. The Hall–Kier alpha value is -1.69. The summed E-state index contributed by atoms with van der Waals surface area (Å²) in [6.45, 7) is 0. The molecule has 0 fully saturated rings. The molecule has 2 rings (SSSR count). The van der Waals surface area contributed by atoms with Gasteiger partial charge in [-0.25, -0.2) is 9.97 Å². The monoisotopic (exact) mass is 208 g/mol. The Labute approximate surface area is 84.6 Å². The molecule has 2 aromatic rings. The van der Waals surface area contributed by atoms with Gasteiger partial charge in [0.2, 0.25) is 5.88 Å². The number of nitrogen functional groups attached to an aromatic ring is 1. The molecule has 14 heavy (non-hydrogen) atoms. The number of nitrogens with zero attached hydrogens (tertiary/aromatic N) is 3. The van der Waals surface area contributed by atoms with E-state index >= 15 is 0 Å². The fourth-order valence-electron chi connectivity index (χ4n) is 0.971. The van der Waals surface area contributed by atoms with Crippen LogP contribution in [0.3, 0.4) is 0 Å². The van der Waals surface area contributed by atoms with Gasteiger partial charge in [0.1, 0.15) is 5.69 Å². The Kier molecular flexibility index (Phi) is 2.28. The minimum absolute atomic E-state index is 0.481. The second kappa shape index (κ2) is 3.59. The lowest BCUT2D eigenvalue weighted by Crippen LogP contribution is -1.90. The first-order chi connectivity index (χ1) is 6.79. The smallest absolute Gasteiger partial charge is 0.232 e. The molecule has 72 valence electrons. The van der Waals surface area contributed by atoms with E-state index in [1.54, 1.807) is 25.7 Å². The zero-order valence-corrected chi connectivity index (χ0v) is 8.28. The molecule has 2 heterocycles. The van der Waals surface area contributed by atoms with Crippen LogP contribution < -0.4 is 10.5 Å². The van der Waals surface area contributed by atoms with Crippen molar-refractivity contribution in [3.8, 4) is 16.5 Å². The lowest BCUT2D eigenvalue weighted by atomic mass is 10.4. The summed E-state index contributed by atoms with van der Waals surface area (Å²) >= 11 is 1.37. The van der Waals surface area contributed by atoms with Crippen LogP contribution in [0.15, 0.2) is 18.6 Å². The van der Waals surface area contributed by atoms with E-state index in [0.717, 1.165) is 10.6 Å². The Morgan fingerprint density at radius 2 is 2.21 bits per heavy atom. The molecule has 2 aromatic heterocycles. The first-order valence-electron chi connectivity index (χ1n) is 3.87. The number of anilines is 1. The summed E-state index contributed by atoms with van der Waals surface area (Å²) in [5, 5.41) is 0.518. The van der Waals surface area contributed by atoms with Crippen LogP contribution in [0, 0.1) is 0 Å². The molecule has 0 spiro atoms. The molecule has 0 saturated heterocycles. The molecule has 0 radical (unpaired) electrons. The molecule has 5 nitrogen and oxygen atoms in total. The highest BCUT2D eigenvalue weighted by atomic mass is 32.1. The lowest BCUT2D eigenvalue weighted by molar-refractivity contribution is 0.396. The number of nitrogens with two attached hydrogens (primary N) is 1. The minimum atomic E-state index is 0.481. The second-order valence-corrected chi connectivity index (χ2v) is 3.57. The molecular weight excluding hydrogens is 200 g/mol. The summed E-state index contributed by atoms with van der Waals surface area (Å²) in [6, 6.07) is 0. The van der Waals surface area contributed by atoms with E-state index < -0.39 is 0 Å². The van der Waals surface area contributed by atoms with Crippen molar-refractivity contribution in [1.29, 1.82) is 0 Å². The maximum Gasteiger partial charge on any atom is 0.232 e. The first-order valence-corrected chi connectivity index (χ1v) is 4.69. The van der Waals surface area contributed by atoms with Crippen LogP contribution in [0.1, 0.15) is 0 Å². The Morgan fingerprint density at radius 1 is 1.36 bits per heavy atom. The van der Waals surface area contributed by atoms with Crippen molar-refractivity contribution in [2.24, 2.45) is 0 Å². The fourth-order valence-corrected chi connectivity index (χ4v) is 1.61. The van der Waals surface area contributed by atoms with E-state index in [1.165, 1.54) is 11.3 Å². The summed E-state index contributed by atoms with van der Waals surface area (Å²) in [5.74, 6) is 0.481. The third-order valence-electron chi connectivity index (χ3n) is 1.60. The number of hydrogen-bond donors (Lipinski definition) is 1. The van der Waals surface area contributed by atoms with E-state index in [9.17, 15) is 0 Å². The van der Waals surface area contributed by atoms with Crippen LogP contribution in [-0.2, 0) is 0 Å². The highest BCUT2D eigenvalue weighted by Crippen LogP contribution is 2.25. The molecule has 0 amide bonds. The molecule has 0 saturated carbocycles. The van der Waals surface area contributed by atoms with Gasteiger partial charge >= 0.3 is 0 Å². The van der Waals surface area contributed by atoms with Gasteiger partial charge in [0.15, 0.2) is 5.13 Å².